The third-order valence-electron chi connectivity index (χ3n) is 3.57. The number of aryl methyl sites for hydroxylation is 2. The molecular weight excluding hydrogens is 266 g/mol. The van der Waals surface area contributed by atoms with Gasteiger partial charge in [0.15, 0.2) is 0 Å². The summed E-state index contributed by atoms with van der Waals surface area (Å²) < 4.78 is 6.87. The Morgan fingerprint density at radius 1 is 1.33 bits per heavy atom. The molecule has 0 atom stereocenters. The normalized spacial score (nSPS) is 11.0. The standard InChI is InChI=1S/C16H17N3O2/c1-11-7-15-18-14(9-19(15)8-12(11)2)16(20)17-5-3-13-4-6-21-10-13/h4,6-10H,3,5H2,1-2H3,(H,17,20). The maximum Gasteiger partial charge on any atom is 0.271 e. The maximum absolute atomic E-state index is 12.1. The molecule has 5 heteroatoms. The molecule has 0 unspecified atom stereocenters. The van der Waals surface area contributed by atoms with Crippen LogP contribution in [0.3, 0.4) is 0 Å². The molecule has 3 heterocycles. The highest BCUT2D eigenvalue weighted by atomic mass is 16.3. The van der Waals surface area contributed by atoms with Crippen molar-refractivity contribution >= 4 is 11.6 Å². The Hall–Kier alpha value is -2.56. The van der Waals surface area contributed by atoms with Crippen LogP contribution < -0.4 is 5.32 Å². The van der Waals surface area contributed by atoms with Gasteiger partial charge in [-0.2, -0.15) is 0 Å². The molecular formula is C16H17N3O2. The van der Waals surface area contributed by atoms with Crippen LogP contribution in [-0.4, -0.2) is 21.8 Å². The first-order valence-corrected chi connectivity index (χ1v) is 6.89. The summed E-state index contributed by atoms with van der Waals surface area (Å²) in [5.74, 6) is -0.155. The van der Waals surface area contributed by atoms with Gasteiger partial charge in [-0.05, 0) is 49.1 Å². The van der Waals surface area contributed by atoms with Crippen molar-refractivity contribution in [3.63, 3.8) is 0 Å². The minimum absolute atomic E-state index is 0.155. The predicted molar refractivity (Wildman–Crippen MR) is 79.4 cm³/mol. The monoisotopic (exact) mass is 283 g/mol. The highest BCUT2D eigenvalue weighted by Crippen LogP contribution is 2.12. The number of imidazole rings is 1. The van der Waals surface area contributed by atoms with Crippen molar-refractivity contribution in [2.75, 3.05) is 6.54 Å². The summed E-state index contributed by atoms with van der Waals surface area (Å²) in [5.41, 5.74) is 4.63. The van der Waals surface area contributed by atoms with E-state index < -0.39 is 0 Å². The van der Waals surface area contributed by atoms with E-state index in [-0.39, 0.29) is 5.91 Å². The summed E-state index contributed by atoms with van der Waals surface area (Å²) in [7, 11) is 0. The number of rotatable bonds is 4. The second-order valence-electron chi connectivity index (χ2n) is 5.17. The molecule has 1 N–H and O–H groups in total. The molecule has 0 saturated carbocycles. The number of hydrogen-bond donors (Lipinski definition) is 1. The van der Waals surface area contributed by atoms with E-state index in [0.29, 0.717) is 12.2 Å². The fourth-order valence-corrected chi connectivity index (χ4v) is 2.19. The van der Waals surface area contributed by atoms with Gasteiger partial charge in [0, 0.05) is 18.9 Å². The molecule has 108 valence electrons. The van der Waals surface area contributed by atoms with E-state index >= 15 is 0 Å². The van der Waals surface area contributed by atoms with Crippen LogP contribution in [0.5, 0.6) is 0 Å². The van der Waals surface area contributed by atoms with Crippen molar-refractivity contribution in [3.05, 3.63) is 59.4 Å². The molecule has 0 fully saturated rings. The first kappa shape index (κ1) is 13.4. The van der Waals surface area contributed by atoms with Gasteiger partial charge in [-0.3, -0.25) is 4.79 Å². The van der Waals surface area contributed by atoms with Crippen LogP contribution in [-0.2, 0) is 6.42 Å². The average Bonchev–Trinajstić information content (AvgIpc) is 3.08. The van der Waals surface area contributed by atoms with Gasteiger partial charge in [-0.15, -0.1) is 0 Å². The van der Waals surface area contributed by atoms with Crippen molar-refractivity contribution in [1.82, 2.24) is 14.7 Å². The third kappa shape index (κ3) is 2.81. The Morgan fingerprint density at radius 2 is 2.19 bits per heavy atom. The number of aromatic nitrogens is 2. The average molecular weight is 283 g/mol. The topological polar surface area (TPSA) is 59.5 Å². The van der Waals surface area contributed by atoms with Crippen molar-refractivity contribution in [3.8, 4) is 0 Å². The fourth-order valence-electron chi connectivity index (χ4n) is 2.19. The van der Waals surface area contributed by atoms with Crippen LogP contribution >= 0.6 is 0 Å². The van der Waals surface area contributed by atoms with Gasteiger partial charge in [0.2, 0.25) is 0 Å². The lowest BCUT2D eigenvalue weighted by Crippen LogP contribution is -2.25. The number of fused-ring (bicyclic) bond motifs is 1. The lowest BCUT2D eigenvalue weighted by Gasteiger charge is -2.00. The predicted octanol–water partition coefficient (Wildman–Crippen LogP) is 2.52. The molecule has 3 aromatic rings. The first-order valence-electron chi connectivity index (χ1n) is 6.89. The Labute approximate surface area is 122 Å². The molecule has 0 aromatic carbocycles. The number of amides is 1. The smallest absolute Gasteiger partial charge is 0.271 e. The highest BCUT2D eigenvalue weighted by molar-refractivity contribution is 5.92. The summed E-state index contributed by atoms with van der Waals surface area (Å²) in [4.78, 5) is 16.5. The zero-order valence-corrected chi connectivity index (χ0v) is 12.1. The second kappa shape index (κ2) is 5.44. The SMILES string of the molecule is Cc1cc2nc(C(=O)NCCc3ccoc3)cn2cc1C. The summed E-state index contributed by atoms with van der Waals surface area (Å²) >= 11 is 0. The van der Waals surface area contributed by atoms with Gasteiger partial charge in [0.1, 0.15) is 11.3 Å². The van der Waals surface area contributed by atoms with Gasteiger partial charge in [0.05, 0.1) is 12.5 Å². The lowest BCUT2D eigenvalue weighted by molar-refractivity contribution is 0.0949. The summed E-state index contributed by atoms with van der Waals surface area (Å²) in [6.45, 7) is 4.64. The minimum Gasteiger partial charge on any atom is -0.472 e. The molecule has 0 bridgehead atoms. The molecule has 1 amide bonds. The van der Waals surface area contributed by atoms with E-state index in [9.17, 15) is 4.79 Å². The molecule has 21 heavy (non-hydrogen) atoms. The Kier molecular flexibility index (Phi) is 3.48. The Balaban J connectivity index is 1.69. The number of hydrogen-bond acceptors (Lipinski definition) is 3. The Bertz CT molecular complexity index is 733. The molecule has 3 aromatic heterocycles. The van der Waals surface area contributed by atoms with E-state index in [1.807, 2.05) is 36.6 Å². The molecule has 5 nitrogen and oxygen atoms in total. The third-order valence-corrected chi connectivity index (χ3v) is 3.57. The van der Waals surface area contributed by atoms with Crippen molar-refractivity contribution in [2.24, 2.45) is 0 Å². The van der Waals surface area contributed by atoms with E-state index in [1.165, 1.54) is 11.1 Å². The molecule has 0 saturated heterocycles. The number of furan rings is 1. The van der Waals surface area contributed by atoms with Gasteiger partial charge in [-0.1, -0.05) is 0 Å². The van der Waals surface area contributed by atoms with E-state index in [4.69, 9.17) is 4.42 Å². The minimum atomic E-state index is -0.155. The van der Waals surface area contributed by atoms with Crippen LogP contribution in [0.15, 0.2) is 41.5 Å². The van der Waals surface area contributed by atoms with E-state index in [1.54, 1.807) is 18.7 Å². The zero-order valence-electron chi connectivity index (χ0n) is 12.1. The molecule has 0 spiro atoms. The highest BCUT2D eigenvalue weighted by Gasteiger charge is 2.11. The lowest BCUT2D eigenvalue weighted by atomic mass is 10.2. The summed E-state index contributed by atoms with van der Waals surface area (Å²) in [5, 5.41) is 2.87. The van der Waals surface area contributed by atoms with Crippen molar-refractivity contribution in [2.45, 2.75) is 20.3 Å². The van der Waals surface area contributed by atoms with Crippen LogP contribution in [0.2, 0.25) is 0 Å². The summed E-state index contributed by atoms with van der Waals surface area (Å²) in [6, 6.07) is 3.88. The number of carbonyl (C=O) groups is 1. The van der Waals surface area contributed by atoms with Crippen molar-refractivity contribution < 1.29 is 9.21 Å². The molecule has 0 radical (unpaired) electrons. The number of nitrogens with zero attached hydrogens (tertiary/aromatic N) is 2. The van der Waals surface area contributed by atoms with Gasteiger partial charge >= 0.3 is 0 Å². The first-order chi connectivity index (χ1) is 10.1. The van der Waals surface area contributed by atoms with E-state index in [0.717, 1.165) is 17.6 Å². The maximum atomic E-state index is 12.1. The largest absolute Gasteiger partial charge is 0.472 e. The van der Waals surface area contributed by atoms with E-state index in [2.05, 4.69) is 10.3 Å². The van der Waals surface area contributed by atoms with Crippen molar-refractivity contribution in [1.29, 1.82) is 0 Å². The number of carbonyl (C=O) groups excluding carboxylic acids is 1. The number of pyridine rings is 1. The molecule has 3 rings (SSSR count). The zero-order chi connectivity index (χ0) is 14.8. The Morgan fingerprint density at radius 3 is 2.95 bits per heavy atom. The van der Waals surface area contributed by atoms with Gasteiger partial charge in [-0.25, -0.2) is 4.98 Å². The summed E-state index contributed by atoms with van der Waals surface area (Å²) in [6.07, 6.45) is 7.80. The molecule has 0 aliphatic rings. The quantitative estimate of drug-likeness (QED) is 0.800. The van der Waals surface area contributed by atoms with Crippen LogP contribution in [0.4, 0.5) is 0 Å². The molecule has 0 aliphatic heterocycles. The second-order valence-corrected chi connectivity index (χ2v) is 5.17. The van der Waals surface area contributed by atoms with Crippen LogP contribution in [0.1, 0.15) is 27.2 Å². The fraction of sp³-hybridized carbons (Fsp3) is 0.250. The van der Waals surface area contributed by atoms with Gasteiger partial charge < -0.3 is 14.1 Å². The van der Waals surface area contributed by atoms with Crippen LogP contribution in [0, 0.1) is 13.8 Å². The van der Waals surface area contributed by atoms with Gasteiger partial charge in [0.25, 0.3) is 5.91 Å². The molecule has 0 aliphatic carbocycles. The van der Waals surface area contributed by atoms with Crippen LogP contribution in [0.25, 0.3) is 5.65 Å². The number of nitrogens with one attached hydrogen (secondary N) is 1.